The van der Waals surface area contributed by atoms with Crippen LogP contribution in [0.2, 0.25) is 0 Å². The first kappa shape index (κ1) is 12.1. The minimum Gasteiger partial charge on any atom is -0.508 e. The van der Waals surface area contributed by atoms with E-state index >= 15 is 0 Å². The lowest BCUT2D eigenvalue weighted by atomic mass is 10.0. The molecule has 1 unspecified atom stereocenters. The van der Waals surface area contributed by atoms with Gasteiger partial charge in [0.2, 0.25) is 5.72 Å². The maximum absolute atomic E-state index is 10.5. The quantitative estimate of drug-likeness (QED) is 0.367. The summed E-state index contributed by atoms with van der Waals surface area (Å²) in [6.45, 7) is 0. The fourth-order valence-corrected chi connectivity index (χ4v) is 1.15. The minimum absolute atomic E-state index is 0.259. The zero-order valence-electron chi connectivity index (χ0n) is 8.08. The molecule has 0 aliphatic carbocycles. The van der Waals surface area contributed by atoms with Crippen LogP contribution in [0.15, 0.2) is 12.1 Å². The van der Waals surface area contributed by atoms with Gasteiger partial charge >= 0.3 is 5.97 Å². The van der Waals surface area contributed by atoms with Gasteiger partial charge in [-0.2, -0.15) is 0 Å². The van der Waals surface area contributed by atoms with Gasteiger partial charge in [-0.25, -0.2) is 4.79 Å². The monoisotopic (exact) mass is 229 g/mol. The summed E-state index contributed by atoms with van der Waals surface area (Å²) in [4.78, 5) is 10.5. The van der Waals surface area contributed by atoms with Crippen molar-refractivity contribution in [1.82, 2.24) is 0 Å². The average molecular weight is 229 g/mol. The number of carboxylic acid groups (broad SMARTS) is 1. The van der Waals surface area contributed by atoms with E-state index in [1.165, 1.54) is 0 Å². The van der Waals surface area contributed by atoms with Crippen molar-refractivity contribution in [2.24, 2.45) is 5.73 Å². The highest BCUT2D eigenvalue weighted by molar-refractivity contribution is 5.77. The van der Waals surface area contributed by atoms with Gasteiger partial charge in [0, 0.05) is 24.1 Å². The lowest BCUT2D eigenvalue weighted by Crippen LogP contribution is -2.49. The lowest BCUT2D eigenvalue weighted by molar-refractivity contribution is -0.157. The first-order valence-corrected chi connectivity index (χ1v) is 4.22. The Hall–Kier alpha value is -1.99. The van der Waals surface area contributed by atoms with Gasteiger partial charge in [-0.1, -0.05) is 0 Å². The molecule has 1 aromatic carbocycles. The maximum atomic E-state index is 10.5. The van der Waals surface area contributed by atoms with E-state index in [1.807, 2.05) is 0 Å². The number of rotatable bonds is 3. The number of benzene rings is 1. The van der Waals surface area contributed by atoms with Crippen LogP contribution in [0.1, 0.15) is 5.56 Å². The molecule has 7 N–H and O–H groups in total. The molecular weight excluding hydrogens is 218 g/mol. The summed E-state index contributed by atoms with van der Waals surface area (Å²) in [7, 11) is 0. The summed E-state index contributed by atoms with van der Waals surface area (Å²) < 4.78 is 0. The highest BCUT2D eigenvalue weighted by Crippen LogP contribution is 2.33. The molecule has 0 radical (unpaired) electrons. The van der Waals surface area contributed by atoms with Gasteiger partial charge in [0.1, 0.15) is 17.2 Å². The van der Waals surface area contributed by atoms with Crippen molar-refractivity contribution < 1.29 is 30.3 Å². The smallest absolute Gasteiger partial charge is 0.351 e. The SMILES string of the molecule is NC(O)(Cc1c(O)cc(O)cc1O)C(=O)O. The van der Waals surface area contributed by atoms with Gasteiger partial charge in [-0.3, -0.25) is 5.73 Å². The number of aromatic hydroxyl groups is 3. The van der Waals surface area contributed by atoms with Crippen molar-refractivity contribution >= 4 is 5.97 Å². The van der Waals surface area contributed by atoms with Crippen molar-refractivity contribution in [2.45, 2.75) is 12.1 Å². The van der Waals surface area contributed by atoms with Crippen molar-refractivity contribution in [3.05, 3.63) is 17.7 Å². The molecule has 0 spiro atoms. The number of aliphatic carboxylic acids is 1. The fraction of sp³-hybridized carbons (Fsp3) is 0.222. The van der Waals surface area contributed by atoms with E-state index in [9.17, 15) is 20.1 Å². The standard InChI is InChI=1S/C9H11NO6/c10-9(16,8(14)15)3-5-6(12)1-4(11)2-7(5)13/h1-2,11-13,16H,3,10H2,(H,14,15). The second kappa shape index (κ2) is 3.87. The third-order valence-electron chi connectivity index (χ3n) is 2.00. The highest BCUT2D eigenvalue weighted by Gasteiger charge is 2.33. The molecule has 0 saturated heterocycles. The molecular formula is C9H11NO6. The first-order valence-electron chi connectivity index (χ1n) is 4.22. The summed E-state index contributed by atoms with van der Waals surface area (Å²) >= 11 is 0. The van der Waals surface area contributed by atoms with E-state index in [2.05, 4.69) is 0 Å². The number of carboxylic acids is 1. The number of nitrogens with two attached hydrogens (primary N) is 1. The van der Waals surface area contributed by atoms with E-state index in [1.54, 1.807) is 0 Å². The zero-order chi connectivity index (χ0) is 12.5. The number of hydrogen-bond donors (Lipinski definition) is 6. The number of phenols is 3. The first-order chi connectivity index (χ1) is 7.24. The van der Waals surface area contributed by atoms with Gasteiger partial charge in [0.15, 0.2) is 0 Å². The van der Waals surface area contributed by atoms with Crippen molar-refractivity contribution in [3.8, 4) is 17.2 Å². The molecule has 0 aliphatic heterocycles. The molecule has 0 aliphatic rings. The van der Waals surface area contributed by atoms with E-state index < -0.39 is 35.4 Å². The number of aliphatic hydroxyl groups is 1. The Kier molecular flexibility index (Phi) is 2.92. The predicted molar refractivity (Wildman–Crippen MR) is 51.9 cm³/mol. The van der Waals surface area contributed by atoms with Crippen LogP contribution in [0.25, 0.3) is 0 Å². The van der Waals surface area contributed by atoms with E-state index in [4.69, 9.17) is 15.9 Å². The van der Waals surface area contributed by atoms with Gasteiger partial charge in [-0.05, 0) is 0 Å². The number of carbonyl (C=O) groups is 1. The molecule has 1 aromatic rings. The molecule has 0 bridgehead atoms. The van der Waals surface area contributed by atoms with Crippen molar-refractivity contribution in [2.75, 3.05) is 0 Å². The van der Waals surface area contributed by atoms with Crippen LogP contribution in [0.5, 0.6) is 17.2 Å². The molecule has 7 nitrogen and oxygen atoms in total. The van der Waals surface area contributed by atoms with E-state index in [0.717, 1.165) is 12.1 Å². The average Bonchev–Trinajstić information content (AvgIpc) is 2.11. The normalized spacial score (nSPS) is 14.4. The third kappa shape index (κ3) is 2.33. The molecule has 1 rings (SSSR count). The molecule has 7 heteroatoms. The van der Waals surface area contributed by atoms with Crippen LogP contribution in [-0.4, -0.2) is 37.2 Å². The Morgan fingerprint density at radius 2 is 1.69 bits per heavy atom. The topological polar surface area (TPSA) is 144 Å². The molecule has 0 aromatic heterocycles. The predicted octanol–water partition coefficient (Wildman–Crippen LogP) is -0.922. The van der Waals surface area contributed by atoms with Crippen LogP contribution < -0.4 is 5.73 Å². The summed E-state index contributed by atoms with van der Waals surface area (Å²) in [6, 6.07) is 1.79. The highest BCUT2D eigenvalue weighted by atomic mass is 16.4. The Morgan fingerprint density at radius 1 is 1.25 bits per heavy atom. The molecule has 1 atom stereocenters. The second-order valence-electron chi connectivity index (χ2n) is 3.37. The molecule has 16 heavy (non-hydrogen) atoms. The van der Waals surface area contributed by atoms with Crippen LogP contribution in [0, 0.1) is 0 Å². The van der Waals surface area contributed by atoms with Gasteiger partial charge in [0.05, 0.1) is 0 Å². The maximum Gasteiger partial charge on any atom is 0.351 e. The fourth-order valence-electron chi connectivity index (χ4n) is 1.15. The number of hydrogen-bond acceptors (Lipinski definition) is 6. The summed E-state index contributed by atoms with van der Waals surface area (Å²) in [5.41, 5.74) is 2.17. The zero-order valence-corrected chi connectivity index (χ0v) is 8.08. The Balaban J connectivity index is 3.11. The molecule has 88 valence electrons. The Morgan fingerprint density at radius 3 is 2.06 bits per heavy atom. The van der Waals surface area contributed by atoms with Crippen LogP contribution in [0.3, 0.4) is 0 Å². The largest absolute Gasteiger partial charge is 0.508 e. The van der Waals surface area contributed by atoms with Crippen LogP contribution >= 0.6 is 0 Å². The van der Waals surface area contributed by atoms with Gasteiger partial charge in [-0.15, -0.1) is 0 Å². The number of phenolic OH excluding ortho intramolecular Hbond substituents is 3. The second-order valence-corrected chi connectivity index (χ2v) is 3.37. The van der Waals surface area contributed by atoms with Gasteiger partial charge in [0.25, 0.3) is 0 Å². The third-order valence-corrected chi connectivity index (χ3v) is 2.00. The summed E-state index contributed by atoms with van der Waals surface area (Å²) in [6.07, 6.45) is -0.694. The Bertz CT molecular complexity index is 405. The van der Waals surface area contributed by atoms with E-state index in [0.29, 0.717) is 0 Å². The van der Waals surface area contributed by atoms with Crippen molar-refractivity contribution in [1.29, 1.82) is 0 Å². The minimum atomic E-state index is -2.61. The van der Waals surface area contributed by atoms with Crippen molar-refractivity contribution in [3.63, 3.8) is 0 Å². The molecule has 0 amide bonds. The van der Waals surface area contributed by atoms with Crippen LogP contribution in [-0.2, 0) is 11.2 Å². The van der Waals surface area contributed by atoms with E-state index in [-0.39, 0.29) is 5.56 Å². The molecule has 0 saturated carbocycles. The molecule has 0 heterocycles. The van der Waals surface area contributed by atoms with Gasteiger partial charge < -0.3 is 25.5 Å². The van der Waals surface area contributed by atoms with Crippen LogP contribution in [0.4, 0.5) is 0 Å². The summed E-state index contributed by atoms with van der Waals surface area (Å²) in [5.74, 6) is -3.20. The summed E-state index contributed by atoms with van der Waals surface area (Å²) in [5, 5.41) is 45.5. The molecule has 0 fully saturated rings. The lowest BCUT2D eigenvalue weighted by Gasteiger charge is -2.19. The Labute approximate surface area is 90.0 Å².